The molecule has 5 heterocycles. The fourth-order valence-electron chi connectivity index (χ4n) is 8.20. The molecule has 0 aliphatic carbocycles. The average molecular weight is 733 g/mol. The van der Waals surface area contributed by atoms with Gasteiger partial charge in [-0.2, -0.15) is 0 Å². The standard InChI is InChI=1S/C50H28N4O3/c1-4-14-40-34(10-1)35-23-22-31(27-44(35)56-40)49-52-48(53-50(54-49)32-9-8-26-51-28-32)30-20-18-29(19-21-30)33-24-25-37(47-46(33)39-12-3-6-16-42(39)57-47)36-13-7-17-43-45(36)38-11-2-5-15-41(38)55-43/h1-28H. The Morgan fingerprint density at radius 2 is 0.912 bits per heavy atom. The van der Waals surface area contributed by atoms with E-state index in [-0.39, 0.29) is 0 Å². The molecular formula is C50H28N4O3. The zero-order valence-corrected chi connectivity index (χ0v) is 30.2. The number of aromatic nitrogens is 4. The highest BCUT2D eigenvalue weighted by molar-refractivity contribution is 6.20. The molecule has 0 spiro atoms. The van der Waals surface area contributed by atoms with Crippen LogP contribution in [0, 0.1) is 0 Å². The van der Waals surface area contributed by atoms with E-state index in [1.165, 1.54) is 0 Å². The van der Waals surface area contributed by atoms with Crippen LogP contribution in [-0.2, 0) is 0 Å². The fraction of sp³-hybridized carbons (Fsp3) is 0. The predicted octanol–water partition coefficient (Wildman–Crippen LogP) is 13.3. The molecule has 266 valence electrons. The molecule has 0 unspecified atom stereocenters. The number of hydrogen-bond donors (Lipinski definition) is 0. The highest BCUT2D eigenvalue weighted by atomic mass is 16.3. The molecule has 0 aliphatic rings. The van der Waals surface area contributed by atoms with Crippen molar-refractivity contribution in [2.45, 2.75) is 0 Å². The number of benzene rings is 7. The van der Waals surface area contributed by atoms with E-state index in [0.29, 0.717) is 17.5 Å². The van der Waals surface area contributed by atoms with Crippen molar-refractivity contribution in [1.82, 2.24) is 19.9 Å². The van der Waals surface area contributed by atoms with Gasteiger partial charge >= 0.3 is 0 Å². The first-order valence-corrected chi connectivity index (χ1v) is 18.8. The van der Waals surface area contributed by atoms with Crippen LogP contribution in [0.2, 0.25) is 0 Å². The second-order valence-corrected chi connectivity index (χ2v) is 14.2. The lowest BCUT2D eigenvalue weighted by Gasteiger charge is -2.11. The van der Waals surface area contributed by atoms with Crippen LogP contribution in [0.3, 0.4) is 0 Å². The third kappa shape index (κ3) is 4.99. The van der Waals surface area contributed by atoms with E-state index < -0.39 is 0 Å². The average Bonchev–Trinajstić information content (AvgIpc) is 3.98. The van der Waals surface area contributed by atoms with Gasteiger partial charge in [0.2, 0.25) is 0 Å². The normalized spacial score (nSPS) is 11.9. The number of pyridine rings is 1. The summed E-state index contributed by atoms with van der Waals surface area (Å²) in [5.41, 5.74) is 11.7. The van der Waals surface area contributed by atoms with Crippen molar-refractivity contribution in [1.29, 1.82) is 0 Å². The zero-order valence-electron chi connectivity index (χ0n) is 30.2. The Hall–Kier alpha value is -7.90. The first-order valence-electron chi connectivity index (χ1n) is 18.8. The van der Waals surface area contributed by atoms with Crippen LogP contribution in [0.4, 0.5) is 0 Å². The van der Waals surface area contributed by atoms with Crippen LogP contribution < -0.4 is 0 Å². The lowest BCUT2D eigenvalue weighted by Crippen LogP contribution is -2.00. The topological polar surface area (TPSA) is 91.0 Å². The summed E-state index contributed by atoms with van der Waals surface area (Å²) in [6, 6.07) is 53.4. The van der Waals surface area contributed by atoms with Crippen LogP contribution in [0.1, 0.15) is 0 Å². The zero-order chi connectivity index (χ0) is 37.5. The van der Waals surface area contributed by atoms with Gasteiger partial charge in [0.05, 0.1) is 0 Å². The van der Waals surface area contributed by atoms with Crippen molar-refractivity contribution < 1.29 is 13.3 Å². The Bertz CT molecular complexity index is 3530. The van der Waals surface area contributed by atoms with Crippen molar-refractivity contribution in [3.8, 4) is 56.4 Å². The lowest BCUT2D eigenvalue weighted by atomic mass is 9.92. The Morgan fingerprint density at radius 3 is 1.68 bits per heavy atom. The Kier molecular flexibility index (Phi) is 6.79. The van der Waals surface area contributed by atoms with Gasteiger partial charge in [0.15, 0.2) is 17.5 Å². The summed E-state index contributed by atoms with van der Waals surface area (Å²) < 4.78 is 19.2. The molecular weight excluding hydrogens is 705 g/mol. The van der Waals surface area contributed by atoms with Gasteiger partial charge in [0.1, 0.15) is 33.5 Å². The van der Waals surface area contributed by atoms with Crippen LogP contribution in [-0.4, -0.2) is 19.9 Å². The maximum absolute atomic E-state index is 6.72. The van der Waals surface area contributed by atoms with Gasteiger partial charge in [-0.05, 0) is 71.3 Å². The third-order valence-electron chi connectivity index (χ3n) is 10.9. The minimum Gasteiger partial charge on any atom is -0.456 e. The molecule has 0 fully saturated rings. The van der Waals surface area contributed by atoms with Crippen LogP contribution >= 0.6 is 0 Å². The number of hydrogen-bond acceptors (Lipinski definition) is 7. The molecule has 5 aromatic heterocycles. The smallest absolute Gasteiger partial charge is 0.165 e. The van der Waals surface area contributed by atoms with E-state index >= 15 is 0 Å². The van der Waals surface area contributed by atoms with Gasteiger partial charge in [-0.15, -0.1) is 0 Å². The fourth-order valence-corrected chi connectivity index (χ4v) is 8.20. The molecule has 0 saturated carbocycles. The summed E-state index contributed by atoms with van der Waals surface area (Å²) in [6.45, 7) is 0. The molecule has 12 rings (SSSR count). The van der Waals surface area contributed by atoms with Gasteiger partial charge < -0.3 is 13.3 Å². The molecule has 0 radical (unpaired) electrons. The third-order valence-corrected chi connectivity index (χ3v) is 10.9. The molecule has 0 amide bonds. The van der Waals surface area contributed by atoms with Crippen LogP contribution in [0.5, 0.6) is 0 Å². The molecule has 7 heteroatoms. The van der Waals surface area contributed by atoms with Gasteiger partial charge in [0, 0.05) is 67.0 Å². The van der Waals surface area contributed by atoms with E-state index in [9.17, 15) is 0 Å². The van der Waals surface area contributed by atoms with Gasteiger partial charge in [-0.25, -0.2) is 15.0 Å². The SMILES string of the molecule is c1cncc(-c2nc(-c3ccc(-c4ccc(-c5cccc6oc7ccccc7c56)c5oc6ccccc6c45)cc3)nc(-c3ccc4c(c3)oc3ccccc34)n2)c1. The summed E-state index contributed by atoms with van der Waals surface area (Å²) in [4.78, 5) is 19.3. The molecule has 7 nitrogen and oxygen atoms in total. The van der Waals surface area contributed by atoms with E-state index in [0.717, 1.165) is 105 Å². The minimum absolute atomic E-state index is 0.541. The second-order valence-electron chi connectivity index (χ2n) is 14.2. The van der Waals surface area contributed by atoms with Crippen molar-refractivity contribution in [3.63, 3.8) is 0 Å². The number of fused-ring (bicyclic) bond motifs is 9. The van der Waals surface area contributed by atoms with Gasteiger partial charge in [0.25, 0.3) is 0 Å². The number of nitrogens with zero attached hydrogens (tertiary/aromatic N) is 4. The molecule has 0 N–H and O–H groups in total. The number of rotatable bonds is 5. The largest absolute Gasteiger partial charge is 0.456 e. The Labute approximate surface area is 324 Å². The van der Waals surface area contributed by atoms with Gasteiger partial charge in [-0.1, -0.05) is 103 Å². The Morgan fingerprint density at radius 1 is 0.333 bits per heavy atom. The first-order chi connectivity index (χ1) is 28.2. The quantitative estimate of drug-likeness (QED) is 0.174. The maximum atomic E-state index is 6.72. The van der Waals surface area contributed by atoms with E-state index in [2.05, 4.69) is 83.8 Å². The molecule has 0 saturated heterocycles. The summed E-state index contributed by atoms with van der Waals surface area (Å²) in [5.74, 6) is 1.65. The summed E-state index contributed by atoms with van der Waals surface area (Å²) in [6.07, 6.45) is 3.52. The van der Waals surface area contributed by atoms with Crippen LogP contribution in [0.25, 0.3) is 122 Å². The second kappa shape index (κ2) is 12.3. The van der Waals surface area contributed by atoms with Crippen molar-refractivity contribution >= 4 is 65.8 Å². The minimum atomic E-state index is 0.541. The summed E-state index contributed by atoms with van der Waals surface area (Å²) in [7, 11) is 0. The summed E-state index contributed by atoms with van der Waals surface area (Å²) >= 11 is 0. The number of para-hydroxylation sites is 3. The Balaban J connectivity index is 0.994. The van der Waals surface area contributed by atoms with E-state index in [1.807, 2.05) is 78.9 Å². The molecule has 0 aliphatic heterocycles. The van der Waals surface area contributed by atoms with E-state index in [1.54, 1.807) is 12.4 Å². The van der Waals surface area contributed by atoms with Gasteiger partial charge in [-0.3, -0.25) is 4.98 Å². The van der Waals surface area contributed by atoms with Crippen LogP contribution in [0.15, 0.2) is 183 Å². The van der Waals surface area contributed by atoms with Crippen molar-refractivity contribution in [2.75, 3.05) is 0 Å². The lowest BCUT2D eigenvalue weighted by molar-refractivity contribution is 0.668. The molecule has 12 aromatic rings. The predicted molar refractivity (Wildman–Crippen MR) is 227 cm³/mol. The monoisotopic (exact) mass is 732 g/mol. The van der Waals surface area contributed by atoms with Crippen molar-refractivity contribution in [2.24, 2.45) is 0 Å². The molecule has 57 heavy (non-hydrogen) atoms. The van der Waals surface area contributed by atoms with Crippen molar-refractivity contribution in [3.05, 3.63) is 170 Å². The molecule has 7 aromatic carbocycles. The molecule has 0 bridgehead atoms. The highest BCUT2D eigenvalue weighted by Crippen LogP contribution is 2.45. The van der Waals surface area contributed by atoms with E-state index in [4.69, 9.17) is 28.2 Å². The maximum Gasteiger partial charge on any atom is 0.165 e. The highest BCUT2D eigenvalue weighted by Gasteiger charge is 2.21. The number of furan rings is 3. The molecule has 0 atom stereocenters. The first kappa shape index (κ1) is 31.5. The summed E-state index contributed by atoms with van der Waals surface area (Å²) in [5, 5.41) is 6.39.